The van der Waals surface area contributed by atoms with E-state index in [1.807, 2.05) is 0 Å². The molecule has 0 amide bonds. The van der Waals surface area contributed by atoms with Gasteiger partial charge in [-0.05, 0) is 54.2 Å². The third kappa shape index (κ3) is 5.52. The fraction of sp³-hybridized carbons (Fsp3) is 0.0303. The van der Waals surface area contributed by atoms with Crippen molar-refractivity contribution in [3.05, 3.63) is 169 Å². The highest BCUT2D eigenvalue weighted by molar-refractivity contribution is 7.92. The van der Waals surface area contributed by atoms with E-state index in [0.29, 0.717) is 0 Å². The van der Waals surface area contributed by atoms with Gasteiger partial charge in [-0.1, -0.05) is 127 Å². The first-order valence-corrected chi connectivity index (χ1v) is 15.4. The van der Waals surface area contributed by atoms with Crippen LogP contribution >= 0.6 is 15.2 Å². The Morgan fingerprint density at radius 1 is 0.457 bits per heavy atom. The second-order valence-electron chi connectivity index (χ2n) is 8.52. The highest BCUT2D eigenvalue weighted by atomic mass is 31.2. The van der Waals surface area contributed by atoms with E-state index < -0.39 is 15.2 Å². The lowest BCUT2D eigenvalue weighted by atomic mass is 10.2. The van der Waals surface area contributed by atoms with Gasteiger partial charge < -0.3 is 0 Å². The summed E-state index contributed by atoms with van der Waals surface area (Å²) in [6.07, 6.45) is 1.01. The molecule has 0 N–H and O–H groups in total. The highest BCUT2D eigenvalue weighted by Crippen LogP contribution is 2.62. The van der Waals surface area contributed by atoms with Gasteiger partial charge in [0.15, 0.2) is 0 Å². The fourth-order valence-electron chi connectivity index (χ4n) is 4.49. The molecule has 0 saturated carbocycles. The van der Waals surface area contributed by atoms with Gasteiger partial charge in [0.25, 0.3) is 0 Å². The summed E-state index contributed by atoms with van der Waals surface area (Å²) < 4.78 is 0. The van der Waals surface area contributed by atoms with Crippen molar-refractivity contribution < 1.29 is 0 Å². The minimum Gasteiger partial charge on any atom is -0.0622 e. The van der Waals surface area contributed by atoms with Crippen LogP contribution in [-0.4, -0.2) is 0 Å². The van der Waals surface area contributed by atoms with Gasteiger partial charge in [-0.25, -0.2) is 0 Å². The number of benzene rings is 5. The lowest BCUT2D eigenvalue weighted by Gasteiger charge is -2.25. The first-order valence-electron chi connectivity index (χ1n) is 12.0. The summed E-state index contributed by atoms with van der Waals surface area (Å²) in [6.45, 7) is 0. The van der Waals surface area contributed by atoms with Crippen molar-refractivity contribution in [2.24, 2.45) is 0 Å². The first kappa shape index (κ1) is 23.4. The van der Waals surface area contributed by atoms with Crippen molar-refractivity contribution in [2.75, 3.05) is 0 Å². The molecule has 170 valence electrons. The summed E-state index contributed by atoms with van der Waals surface area (Å²) in [7, 11) is -2.51. The molecule has 0 radical (unpaired) electrons. The van der Waals surface area contributed by atoms with Gasteiger partial charge in [0, 0.05) is 0 Å². The van der Waals surface area contributed by atoms with Crippen LogP contribution in [0.1, 0.15) is 5.56 Å². The Morgan fingerprint density at radius 3 is 1.26 bits per heavy atom. The zero-order valence-corrected chi connectivity index (χ0v) is 21.5. The molecule has 5 aromatic rings. The smallest absolute Gasteiger partial charge is 0.0622 e. The van der Waals surface area contributed by atoms with E-state index in [4.69, 9.17) is 0 Å². The first-order chi connectivity index (χ1) is 17.4. The molecule has 0 saturated heterocycles. The molecular weight excluding hydrogens is 458 g/mol. The Bertz CT molecular complexity index is 1250. The molecular formula is C33H29P2+. The quantitative estimate of drug-likeness (QED) is 0.199. The topological polar surface area (TPSA) is 0 Å². The zero-order chi connectivity index (χ0) is 23.8. The predicted molar refractivity (Wildman–Crippen MR) is 157 cm³/mol. The average molecular weight is 488 g/mol. The monoisotopic (exact) mass is 487 g/mol. The van der Waals surface area contributed by atoms with Crippen LogP contribution in [0.2, 0.25) is 0 Å². The maximum absolute atomic E-state index is 2.59. The Hall–Kier alpha value is -3.30. The Kier molecular flexibility index (Phi) is 7.65. The molecule has 0 aliphatic rings. The second kappa shape index (κ2) is 11.4. The van der Waals surface area contributed by atoms with E-state index >= 15 is 0 Å². The molecule has 0 aliphatic carbocycles. The van der Waals surface area contributed by atoms with E-state index in [0.717, 1.165) is 6.16 Å². The predicted octanol–water partition coefficient (Wildman–Crippen LogP) is 7.46. The van der Waals surface area contributed by atoms with Crippen LogP contribution in [0.15, 0.2) is 163 Å². The Balaban J connectivity index is 1.70. The van der Waals surface area contributed by atoms with E-state index in [2.05, 4.69) is 163 Å². The molecule has 5 rings (SSSR count). The molecule has 0 aliphatic heterocycles. The fourth-order valence-corrected chi connectivity index (χ4v) is 10.9. The van der Waals surface area contributed by atoms with Gasteiger partial charge >= 0.3 is 0 Å². The van der Waals surface area contributed by atoms with Gasteiger partial charge in [-0.3, -0.25) is 0 Å². The van der Waals surface area contributed by atoms with Crippen LogP contribution in [-0.2, 0) is 6.16 Å². The molecule has 0 fully saturated rings. The van der Waals surface area contributed by atoms with Crippen molar-refractivity contribution in [1.29, 1.82) is 0 Å². The maximum atomic E-state index is 2.59. The summed E-state index contributed by atoms with van der Waals surface area (Å²) in [6, 6.07) is 55.1. The van der Waals surface area contributed by atoms with Crippen LogP contribution in [0, 0.1) is 0 Å². The molecule has 0 nitrogen and oxygen atoms in total. The molecule has 5 aromatic carbocycles. The van der Waals surface area contributed by atoms with Crippen molar-refractivity contribution in [2.45, 2.75) is 6.16 Å². The van der Waals surface area contributed by atoms with Crippen LogP contribution in [0.4, 0.5) is 0 Å². The minimum absolute atomic E-state index is 0.623. The average Bonchev–Trinajstić information content (AvgIpc) is 2.95. The van der Waals surface area contributed by atoms with Crippen LogP contribution in [0.25, 0.3) is 0 Å². The number of hydrogen-bond donors (Lipinski definition) is 0. The third-order valence-electron chi connectivity index (χ3n) is 6.25. The molecule has 2 heteroatoms. The number of hydrogen-bond acceptors (Lipinski definition) is 0. The molecule has 0 aromatic heterocycles. The summed E-state index contributed by atoms with van der Waals surface area (Å²) in [5.74, 6) is 5.12. The maximum Gasteiger partial charge on any atom is 0.109 e. The Labute approximate surface area is 211 Å². The molecule has 0 atom stereocenters. The van der Waals surface area contributed by atoms with Gasteiger partial charge in [-0.15, -0.1) is 0 Å². The normalized spacial score (nSPS) is 11.7. The molecule has 0 unspecified atom stereocenters. The lowest BCUT2D eigenvalue weighted by molar-refractivity contribution is 1.39. The van der Waals surface area contributed by atoms with E-state index in [1.165, 1.54) is 26.8 Å². The van der Waals surface area contributed by atoms with Crippen LogP contribution < -0.4 is 21.2 Å². The third-order valence-corrected chi connectivity index (χ3v) is 12.6. The van der Waals surface area contributed by atoms with Crippen molar-refractivity contribution in [3.8, 4) is 0 Å². The molecule has 0 heterocycles. The summed E-state index contributed by atoms with van der Waals surface area (Å²) in [4.78, 5) is 0. The SMILES string of the molecule is C(=C\[P+](Cc1ccccc1)(c1ccccc1)c1ccccc1)/P(c1ccccc1)c1ccccc1. The zero-order valence-electron chi connectivity index (χ0n) is 19.7. The largest absolute Gasteiger partial charge is 0.109 e. The van der Waals surface area contributed by atoms with Crippen molar-refractivity contribution in [3.63, 3.8) is 0 Å². The van der Waals surface area contributed by atoms with Crippen LogP contribution in [0.5, 0.6) is 0 Å². The van der Waals surface area contributed by atoms with Gasteiger partial charge in [0.2, 0.25) is 0 Å². The van der Waals surface area contributed by atoms with Crippen molar-refractivity contribution >= 4 is 36.4 Å². The van der Waals surface area contributed by atoms with Crippen molar-refractivity contribution in [1.82, 2.24) is 0 Å². The Morgan fingerprint density at radius 2 is 0.829 bits per heavy atom. The standard InChI is InChI=1S/C33H29P2/c1-6-16-29(17-7-1)28-35(32-22-12-4-13-23-32,33-24-14-5-15-25-33)27-26-34(30-18-8-2-9-19-30)31-20-10-3-11-21-31/h1-27H,28H2/q+1/b27-26+. The second-order valence-corrected chi connectivity index (χ2v) is 14.0. The van der Waals surface area contributed by atoms with Crippen LogP contribution in [0.3, 0.4) is 0 Å². The summed E-state index contributed by atoms with van der Waals surface area (Å²) in [5.41, 5.74) is 1.38. The summed E-state index contributed by atoms with van der Waals surface area (Å²) >= 11 is 0. The number of rotatable bonds is 8. The molecule has 0 bridgehead atoms. The summed E-state index contributed by atoms with van der Waals surface area (Å²) in [5, 5.41) is 5.59. The minimum atomic E-state index is -1.88. The van der Waals surface area contributed by atoms with Gasteiger partial charge in [0.05, 0.1) is 12.0 Å². The molecule has 35 heavy (non-hydrogen) atoms. The highest BCUT2D eigenvalue weighted by Gasteiger charge is 2.41. The van der Waals surface area contributed by atoms with Gasteiger partial charge in [-0.2, -0.15) is 0 Å². The lowest BCUT2D eigenvalue weighted by Crippen LogP contribution is -2.22. The van der Waals surface area contributed by atoms with E-state index in [1.54, 1.807) is 0 Å². The van der Waals surface area contributed by atoms with Gasteiger partial charge in [0.1, 0.15) is 17.9 Å². The van der Waals surface area contributed by atoms with E-state index in [-0.39, 0.29) is 0 Å². The molecule has 0 spiro atoms. The van der Waals surface area contributed by atoms with E-state index in [9.17, 15) is 0 Å².